The van der Waals surface area contributed by atoms with Gasteiger partial charge in [0.25, 0.3) is 5.56 Å². The minimum absolute atomic E-state index is 0.161. The summed E-state index contributed by atoms with van der Waals surface area (Å²) in [4.78, 5) is 28.2. The molecule has 0 fully saturated rings. The first-order valence-electron chi connectivity index (χ1n) is 3.28. The van der Waals surface area contributed by atoms with E-state index in [9.17, 15) is 9.59 Å². The first-order valence-corrected chi connectivity index (χ1v) is 4.26. The Morgan fingerprint density at radius 1 is 1.50 bits per heavy atom. The Bertz CT molecular complexity index is 387. The third kappa shape index (κ3) is 1.10. The number of carbonyl (C=O) groups is 1. The number of nitrogens with one attached hydrogen (secondary N) is 2. The number of nitrogens with zero attached hydrogens (tertiary/aromatic N) is 1. The summed E-state index contributed by atoms with van der Waals surface area (Å²) in [7, 11) is 0. The lowest BCUT2D eigenvalue weighted by Gasteiger charge is -2.12. The maximum absolute atomic E-state index is 11.1. The molecule has 12 heavy (non-hydrogen) atoms. The smallest absolute Gasteiger partial charge is 0.275 e. The molecule has 6 heteroatoms. The van der Waals surface area contributed by atoms with Crippen LogP contribution >= 0.6 is 11.8 Å². The number of anilines is 1. The number of aromatic amines is 1. The van der Waals surface area contributed by atoms with Gasteiger partial charge in [-0.1, -0.05) is 11.8 Å². The van der Waals surface area contributed by atoms with Gasteiger partial charge in [0.2, 0.25) is 5.91 Å². The molecule has 1 aromatic heterocycles. The van der Waals surface area contributed by atoms with E-state index in [-0.39, 0.29) is 17.2 Å². The molecular formula is C6H5N3O2S. The number of fused-ring (bicyclic) bond motifs is 1. The van der Waals surface area contributed by atoms with E-state index in [0.717, 1.165) is 0 Å². The second-order valence-electron chi connectivity index (χ2n) is 2.25. The second kappa shape index (κ2) is 2.63. The minimum atomic E-state index is -0.305. The van der Waals surface area contributed by atoms with Gasteiger partial charge >= 0.3 is 0 Å². The fraction of sp³-hybridized carbons (Fsp3) is 0.167. The van der Waals surface area contributed by atoms with E-state index in [2.05, 4.69) is 15.3 Å². The summed E-state index contributed by atoms with van der Waals surface area (Å²) in [5.41, 5.74) is -0.0423. The van der Waals surface area contributed by atoms with Crippen molar-refractivity contribution >= 4 is 23.4 Å². The van der Waals surface area contributed by atoms with E-state index >= 15 is 0 Å². The number of thioether (sulfide) groups is 1. The van der Waals surface area contributed by atoms with Gasteiger partial charge in [-0.05, 0) is 0 Å². The normalized spacial score (nSPS) is 15.2. The molecule has 2 heterocycles. The molecule has 1 aliphatic rings. The van der Waals surface area contributed by atoms with Gasteiger partial charge in [0, 0.05) is 0 Å². The standard InChI is InChI=1S/C6H5N3O2S/c10-3-1-12-6-4(9-3)5(11)7-2-8-6/h2H,1H2,(H,9,10)(H,7,8,11). The van der Waals surface area contributed by atoms with Crippen molar-refractivity contribution in [2.45, 2.75) is 5.03 Å². The molecule has 0 unspecified atom stereocenters. The van der Waals surface area contributed by atoms with Crippen LogP contribution in [0.5, 0.6) is 0 Å². The maximum atomic E-state index is 11.1. The van der Waals surface area contributed by atoms with Gasteiger partial charge in [0.05, 0.1) is 12.1 Å². The van der Waals surface area contributed by atoms with Crippen molar-refractivity contribution in [3.8, 4) is 0 Å². The molecule has 0 bridgehead atoms. The quantitative estimate of drug-likeness (QED) is 0.547. The number of amides is 1. The van der Waals surface area contributed by atoms with Crippen molar-refractivity contribution in [1.29, 1.82) is 0 Å². The molecule has 0 spiro atoms. The number of hydrogen-bond acceptors (Lipinski definition) is 4. The van der Waals surface area contributed by atoms with E-state index in [1.54, 1.807) is 0 Å². The fourth-order valence-electron chi connectivity index (χ4n) is 0.912. The summed E-state index contributed by atoms with van der Waals surface area (Å²) in [6.07, 6.45) is 1.33. The molecule has 2 N–H and O–H groups in total. The topological polar surface area (TPSA) is 74.8 Å². The third-order valence-electron chi connectivity index (χ3n) is 1.42. The largest absolute Gasteiger partial charge is 0.319 e. The van der Waals surface area contributed by atoms with Crippen molar-refractivity contribution in [2.75, 3.05) is 11.1 Å². The van der Waals surface area contributed by atoms with Crippen molar-refractivity contribution in [3.05, 3.63) is 16.7 Å². The Morgan fingerprint density at radius 2 is 2.33 bits per heavy atom. The van der Waals surface area contributed by atoms with E-state index in [1.807, 2.05) is 0 Å². The average molecular weight is 183 g/mol. The van der Waals surface area contributed by atoms with Gasteiger partial charge in [-0.2, -0.15) is 0 Å². The van der Waals surface area contributed by atoms with Gasteiger partial charge in [-0.15, -0.1) is 0 Å². The Morgan fingerprint density at radius 3 is 3.17 bits per heavy atom. The Hall–Kier alpha value is -1.30. The zero-order valence-corrected chi connectivity index (χ0v) is 6.77. The van der Waals surface area contributed by atoms with E-state index in [1.165, 1.54) is 18.1 Å². The van der Waals surface area contributed by atoms with Crippen LogP contribution in [0.4, 0.5) is 5.69 Å². The van der Waals surface area contributed by atoms with Crippen LogP contribution in [-0.4, -0.2) is 21.6 Å². The van der Waals surface area contributed by atoms with Crippen molar-refractivity contribution in [1.82, 2.24) is 9.97 Å². The van der Waals surface area contributed by atoms with Crippen molar-refractivity contribution in [2.24, 2.45) is 0 Å². The Kier molecular flexibility index (Phi) is 1.61. The lowest BCUT2D eigenvalue weighted by molar-refractivity contribution is -0.113. The highest BCUT2D eigenvalue weighted by Gasteiger charge is 2.18. The van der Waals surface area contributed by atoms with E-state index in [0.29, 0.717) is 10.8 Å². The molecule has 0 saturated carbocycles. The Balaban J connectivity index is 2.57. The van der Waals surface area contributed by atoms with Gasteiger partial charge in [-0.3, -0.25) is 9.59 Å². The van der Waals surface area contributed by atoms with Crippen LogP contribution in [0.2, 0.25) is 0 Å². The van der Waals surface area contributed by atoms with Gasteiger partial charge in [-0.25, -0.2) is 4.98 Å². The first-order chi connectivity index (χ1) is 5.77. The van der Waals surface area contributed by atoms with Crippen molar-refractivity contribution < 1.29 is 4.79 Å². The minimum Gasteiger partial charge on any atom is -0.319 e. The number of carbonyl (C=O) groups excluding carboxylic acids is 1. The first kappa shape index (κ1) is 7.35. The lowest BCUT2D eigenvalue weighted by atomic mass is 10.5. The predicted molar refractivity (Wildman–Crippen MR) is 44.2 cm³/mol. The predicted octanol–water partition coefficient (Wildman–Crippen LogP) is -0.186. The second-order valence-corrected chi connectivity index (χ2v) is 3.21. The number of H-pyrrole nitrogens is 1. The van der Waals surface area contributed by atoms with Crippen LogP contribution in [0.1, 0.15) is 0 Å². The van der Waals surface area contributed by atoms with Crippen LogP contribution in [0.25, 0.3) is 0 Å². The highest BCUT2D eigenvalue weighted by molar-refractivity contribution is 8.00. The van der Waals surface area contributed by atoms with Crippen LogP contribution in [-0.2, 0) is 4.79 Å². The molecule has 0 saturated heterocycles. The fourth-order valence-corrected chi connectivity index (χ4v) is 1.67. The molecular weight excluding hydrogens is 178 g/mol. The van der Waals surface area contributed by atoms with Gasteiger partial charge in [0.15, 0.2) is 0 Å². The van der Waals surface area contributed by atoms with Gasteiger partial charge < -0.3 is 10.3 Å². The maximum Gasteiger partial charge on any atom is 0.275 e. The number of hydrogen-bond donors (Lipinski definition) is 2. The zero-order valence-electron chi connectivity index (χ0n) is 5.96. The van der Waals surface area contributed by atoms with Crippen LogP contribution in [0.3, 0.4) is 0 Å². The van der Waals surface area contributed by atoms with Gasteiger partial charge in [0.1, 0.15) is 10.7 Å². The number of rotatable bonds is 0. The molecule has 0 aliphatic carbocycles. The third-order valence-corrected chi connectivity index (χ3v) is 2.41. The molecule has 5 nitrogen and oxygen atoms in total. The molecule has 62 valence electrons. The highest BCUT2D eigenvalue weighted by Crippen LogP contribution is 2.24. The molecule has 1 aromatic rings. The summed E-state index contributed by atoms with van der Waals surface area (Å²) < 4.78 is 0. The lowest BCUT2D eigenvalue weighted by Crippen LogP contribution is -2.26. The summed E-state index contributed by atoms with van der Waals surface area (Å²) in [6.45, 7) is 0. The highest BCUT2D eigenvalue weighted by atomic mass is 32.2. The Labute approximate surface area is 71.6 Å². The summed E-state index contributed by atoms with van der Waals surface area (Å²) >= 11 is 1.27. The SMILES string of the molecule is O=C1CSc2nc[nH]c(=O)c2N1. The van der Waals surface area contributed by atoms with Crippen molar-refractivity contribution in [3.63, 3.8) is 0 Å². The summed E-state index contributed by atoms with van der Waals surface area (Å²) in [5.74, 6) is 0.162. The molecule has 0 atom stereocenters. The van der Waals surface area contributed by atoms with Crippen LogP contribution in [0, 0.1) is 0 Å². The zero-order chi connectivity index (χ0) is 8.55. The molecule has 1 amide bonds. The van der Waals surface area contributed by atoms with E-state index < -0.39 is 0 Å². The van der Waals surface area contributed by atoms with Crippen LogP contribution < -0.4 is 10.9 Å². The monoisotopic (exact) mass is 183 g/mol. The van der Waals surface area contributed by atoms with Crippen LogP contribution in [0.15, 0.2) is 16.1 Å². The molecule has 1 aliphatic heterocycles. The molecule has 2 rings (SSSR count). The molecule has 0 radical (unpaired) electrons. The number of aromatic nitrogens is 2. The summed E-state index contributed by atoms with van der Waals surface area (Å²) in [6, 6.07) is 0. The van der Waals surface area contributed by atoms with E-state index in [4.69, 9.17) is 0 Å². The average Bonchev–Trinajstić information content (AvgIpc) is 2.07. The molecule has 0 aromatic carbocycles. The summed E-state index contributed by atoms with van der Waals surface area (Å²) in [5, 5.41) is 3.04.